The van der Waals surface area contributed by atoms with Crippen molar-refractivity contribution in [3.05, 3.63) is 71.8 Å². The number of hydrogen-bond acceptors (Lipinski definition) is 2. The molecular formula is C20H27NO. The minimum Gasteiger partial charge on any atom is -0.397 e. The molecule has 1 saturated heterocycles. The summed E-state index contributed by atoms with van der Waals surface area (Å²) >= 11 is 0. The lowest BCUT2D eigenvalue weighted by Gasteiger charge is -2.32. The molecule has 2 N–H and O–H groups in total. The molecule has 0 aromatic heterocycles. The Bertz CT molecular complexity index is 466. The number of nitrogens with one attached hydrogen (secondary N) is 1. The molecule has 1 aliphatic rings. The Hall–Kier alpha value is -1.64. The maximum absolute atomic E-state index is 7.57. The van der Waals surface area contributed by atoms with Gasteiger partial charge in [-0.1, -0.05) is 67.1 Å². The van der Waals surface area contributed by atoms with E-state index in [2.05, 4.69) is 66.0 Å². The van der Waals surface area contributed by atoms with Crippen molar-refractivity contribution in [1.29, 1.82) is 0 Å². The van der Waals surface area contributed by atoms with Crippen molar-refractivity contribution in [2.24, 2.45) is 0 Å². The van der Waals surface area contributed by atoms with Crippen LogP contribution < -0.4 is 5.32 Å². The maximum atomic E-state index is 7.57. The standard InChI is InChI=1S/C18H21N.C2H6O/c1-3-9-15(10-4-1)18(16-11-5-2-6-12-16)17-13-7-8-14-19-17;1-2-3/h1-6,9-12,17-19H,7-8,13-14H2;3H,2H2,1H3. The molecule has 2 nitrogen and oxygen atoms in total. The highest BCUT2D eigenvalue weighted by Gasteiger charge is 2.25. The monoisotopic (exact) mass is 297 g/mol. The Kier molecular flexibility index (Phi) is 7.14. The normalized spacial score (nSPS) is 17.7. The van der Waals surface area contributed by atoms with Gasteiger partial charge in [0.15, 0.2) is 0 Å². The van der Waals surface area contributed by atoms with Crippen LogP contribution >= 0.6 is 0 Å². The quantitative estimate of drug-likeness (QED) is 0.899. The molecule has 0 aliphatic carbocycles. The predicted octanol–water partition coefficient (Wildman–Crippen LogP) is 3.96. The Balaban J connectivity index is 0.000000545. The lowest BCUT2D eigenvalue weighted by molar-refractivity contribution is 0.318. The SMILES string of the molecule is CCO.c1ccc(C(c2ccccc2)C2CCCCN2)cc1. The summed E-state index contributed by atoms with van der Waals surface area (Å²) in [6.45, 7) is 3.08. The Labute approximate surface area is 134 Å². The molecule has 1 heterocycles. The predicted molar refractivity (Wildman–Crippen MR) is 93.1 cm³/mol. The summed E-state index contributed by atoms with van der Waals surface area (Å²) in [6, 6.07) is 22.4. The molecule has 0 saturated carbocycles. The molecule has 22 heavy (non-hydrogen) atoms. The molecule has 0 radical (unpaired) electrons. The van der Waals surface area contributed by atoms with E-state index in [-0.39, 0.29) is 6.61 Å². The van der Waals surface area contributed by atoms with Gasteiger partial charge in [0.05, 0.1) is 0 Å². The highest BCUT2D eigenvalue weighted by molar-refractivity contribution is 5.34. The molecule has 0 amide bonds. The van der Waals surface area contributed by atoms with Gasteiger partial charge in [-0.3, -0.25) is 0 Å². The Morgan fingerprint density at radius 1 is 0.955 bits per heavy atom. The van der Waals surface area contributed by atoms with Crippen LogP contribution in [-0.2, 0) is 0 Å². The summed E-state index contributed by atoms with van der Waals surface area (Å²) < 4.78 is 0. The zero-order chi connectivity index (χ0) is 15.6. The van der Waals surface area contributed by atoms with E-state index in [4.69, 9.17) is 5.11 Å². The molecule has 1 aliphatic heterocycles. The average molecular weight is 297 g/mol. The highest BCUT2D eigenvalue weighted by Crippen LogP contribution is 2.31. The fraction of sp³-hybridized carbons (Fsp3) is 0.400. The number of aliphatic hydroxyl groups is 1. The molecule has 1 atom stereocenters. The van der Waals surface area contributed by atoms with Crippen LogP contribution in [0.2, 0.25) is 0 Å². The van der Waals surface area contributed by atoms with Gasteiger partial charge < -0.3 is 10.4 Å². The summed E-state index contributed by atoms with van der Waals surface area (Å²) in [5.41, 5.74) is 2.85. The van der Waals surface area contributed by atoms with Gasteiger partial charge in [0.25, 0.3) is 0 Å². The van der Waals surface area contributed by atoms with E-state index in [1.54, 1.807) is 6.92 Å². The van der Waals surface area contributed by atoms with Crippen molar-refractivity contribution in [1.82, 2.24) is 5.32 Å². The fourth-order valence-corrected chi connectivity index (χ4v) is 3.14. The van der Waals surface area contributed by atoms with Crippen molar-refractivity contribution < 1.29 is 5.11 Å². The van der Waals surface area contributed by atoms with Crippen molar-refractivity contribution >= 4 is 0 Å². The average Bonchev–Trinajstić information content (AvgIpc) is 2.59. The lowest BCUT2D eigenvalue weighted by atomic mass is 9.81. The van der Waals surface area contributed by atoms with E-state index in [1.807, 2.05) is 0 Å². The van der Waals surface area contributed by atoms with E-state index in [0.717, 1.165) is 6.54 Å². The van der Waals surface area contributed by atoms with Crippen molar-refractivity contribution in [3.8, 4) is 0 Å². The van der Waals surface area contributed by atoms with Gasteiger partial charge >= 0.3 is 0 Å². The van der Waals surface area contributed by atoms with Crippen LogP contribution in [0.15, 0.2) is 60.7 Å². The summed E-state index contributed by atoms with van der Waals surface area (Å²) in [7, 11) is 0. The molecule has 1 unspecified atom stereocenters. The third-order valence-electron chi connectivity index (χ3n) is 4.07. The van der Waals surface area contributed by atoms with Crippen LogP contribution in [0.5, 0.6) is 0 Å². The molecule has 1 fully saturated rings. The van der Waals surface area contributed by atoms with Crippen molar-refractivity contribution in [2.75, 3.05) is 13.2 Å². The summed E-state index contributed by atoms with van der Waals surface area (Å²) in [5.74, 6) is 0.475. The Morgan fingerprint density at radius 3 is 1.86 bits per heavy atom. The summed E-state index contributed by atoms with van der Waals surface area (Å²) in [6.07, 6.45) is 3.93. The second kappa shape index (κ2) is 9.39. The number of rotatable bonds is 3. The van der Waals surface area contributed by atoms with E-state index in [9.17, 15) is 0 Å². The van der Waals surface area contributed by atoms with Crippen LogP contribution in [0, 0.1) is 0 Å². The number of benzene rings is 2. The maximum Gasteiger partial charge on any atom is 0.0402 e. The fourth-order valence-electron chi connectivity index (χ4n) is 3.14. The Morgan fingerprint density at radius 2 is 1.45 bits per heavy atom. The lowest BCUT2D eigenvalue weighted by Crippen LogP contribution is -2.39. The van der Waals surface area contributed by atoms with Gasteiger partial charge in [-0.15, -0.1) is 0 Å². The zero-order valence-electron chi connectivity index (χ0n) is 13.4. The molecule has 2 aromatic carbocycles. The number of hydrogen-bond donors (Lipinski definition) is 2. The molecule has 0 spiro atoms. The second-order valence-electron chi connectivity index (χ2n) is 5.67. The molecular weight excluding hydrogens is 270 g/mol. The molecule has 118 valence electrons. The first kappa shape index (κ1) is 16.7. The van der Waals surface area contributed by atoms with Gasteiger partial charge in [0.1, 0.15) is 0 Å². The highest BCUT2D eigenvalue weighted by atomic mass is 16.2. The molecule has 0 bridgehead atoms. The van der Waals surface area contributed by atoms with Gasteiger partial charge in [0.2, 0.25) is 0 Å². The number of aliphatic hydroxyl groups excluding tert-OH is 1. The number of piperidine rings is 1. The van der Waals surface area contributed by atoms with E-state index >= 15 is 0 Å². The smallest absolute Gasteiger partial charge is 0.0402 e. The largest absolute Gasteiger partial charge is 0.397 e. The zero-order valence-corrected chi connectivity index (χ0v) is 13.4. The summed E-state index contributed by atoms with van der Waals surface area (Å²) in [4.78, 5) is 0. The molecule has 2 aromatic rings. The third-order valence-corrected chi connectivity index (χ3v) is 4.07. The first-order chi connectivity index (χ1) is 10.9. The second-order valence-corrected chi connectivity index (χ2v) is 5.67. The van der Waals surface area contributed by atoms with Gasteiger partial charge in [0, 0.05) is 18.6 Å². The van der Waals surface area contributed by atoms with Crippen LogP contribution in [-0.4, -0.2) is 24.3 Å². The molecule has 3 rings (SSSR count). The van der Waals surface area contributed by atoms with Gasteiger partial charge in [-0.2, -0.15) is 0 Å². The van der Waals surface area contributed by atoms with Crippen LogP contribution in [0.25, 0.3) is 0 Å². The minimum absolute atomic E-state index is 0.250. The van der Waals surface area contributed by atoms with Crippen LogP contribution in [0.4, 0.5) is 0 Å². The van der Waals surface area contributed by atoms with Crippen LogP contribution in [0.3, 0.4) is 0 Å². The minimum atomic E-state index is 0.250. The molecule has 2 heteroatoms. The van der Waals surface area contributed by atoms with E-state index in [0.29, 0.717) is 12.0 Å². The van der Waals surface area contributed by atoms with Crippen molar-refractivity contribution in [3.63, 3.8) is 0 Å². The topological polar surface area (TPSA) is 32.3 Å². The third kappa shape index (κ3) is 4.69. The first-order valence-corrected chi connectivity index (χ1v) is 8.31. The van der Waals surface area contributed by atoms with E-state index in [1.165, 1.54) is 30.4 Å². The van der Waals surface area contributed by atoms with Gasteiger partial charge in [-0.05, 0) is 37.4 Å². The van der Waals surface area contributed by atoms with Gasteiger partial charge in [-0.25, -0.2) is 0 Å². The van der Waals surface area contributed by atoms with Crippen molar-refractivity contribution in [2.45, 2.75) is 38.1 Å². The first-order valence-electron chi connectivity index (χ1n) is 8.31. The van der Waals surface area contributed by atoms with E-state index < -0.39 is 0 Å². The summed E-state index contributed by atoms with van der Waals surface area (Å²) in [5, 5.41) is 11.3. The van der Waals surface area contributed by atoms with Crippen LogP contribution in [0.1, 0.15) is 43.2 Å².